The van der Waals surface area contributed by atoms with Crippen LogP contribution in [0.5, 0.6) is 0 Å². The van der Waals surface area contributed by atoms with Crippen LogP contribution < -0.4 is 0 Å². The molecular weight excluding hydrogens is 110 g/mol. The SMILES string of the molecule is CC1CC(F)(P)C1. The van der Waals surface area contributed by atoms with Crippen LogP contribution in [0.4, 0.5) is 4.39 Å². The minimum Gasteiger partial charge on any atom is -0.240 e. The second-order valence-corrected chi connectivity index (χ2v) is 3.58. The Labute approximate surface area is 45.7 Å². The average Bonchev–Trinajstić information content (AvgIpc) is 1.27. The molecule has 0 spiro atoms. The van der Waals surface area contributed by atoms with E-state index in [1.54, 1.807) is 0 Å². The van der Waals surface area contributed by atoms with Crippen LogP contribution >= 0.6 is 9.24 Å². The van der Waals surface area contributed by atoms with Gasteiger partial charge in [-0.15, -0.1) is 0 Å². The summed E-state index contributed by atoms with van der Waals surface area (Å²) < 4.78 is 12.4. The molecule has 1 rings (SSSR count). The van der Waals surface area contributed by atoms with Crippen LogP contribution in [0.25, 0.3) is 0 Å². The molecule has 1 unspecified atom stereocenters. The third-order valence-corrected chi connectivity index (χ3v) is 1.85. The van der Waals surface area contributed by atoms with E-state index in [0.717, 1.165) is 12.8 Å². The fourth-order valence-corrected chi connectivity index (χ4v) is 1.90. The lowest BCUT2D eigenvalue weighted by Crippen LogP contribution is -2.31. The zero-order valence-corrected chi connectivity index (χ0v) is 5.60. The Morgan fingerprint density at radius 2 is 2.14 bits per heavy atom. The molecule has 42 valence electrons. The van der Waals surface area contributed by atoms with Gasteiger partial charge in [0.1, 0.15) is 5.41 Å². The van der Waals surface area contributed by atoms with Gasteiger partial charge in [-0.05, 0) is 18.8 Å². The minimum atomic E-state index is -0.889. The monoisotopic (exact) mass is 120 g/mol. The lowest BCUT2D eigenvalue weighted by molar-refractivity contribution is 0.107. The molecule has 7 heavy (non-hydrogen) atoms. The molecule has 0 aromatic rings. The first-order valence-electron chi connectivity index (χ1n) is 2.58. The van der Waals surface area contributed by atoms with Gasteiger partial charge in [0.15, 0.2) is 0 Å². The zero-order valence-electron chi connectivity index (χ0n) is 4.45. The molecule has 0 aromatic heterocycles. The number of alkyl halides is 1. The maximum absolute atomic E-state index is 12.4. The van der Waals surface area contributed by atoms with Gasteiger partial charge in [-0.3, -0.25) is 0 Å². The summed E-state index contributed by atoms with van der Waals surface area (Å²) in [6, 6.07) is 0. The number of rotatable bonds is 0. The highest BCUT2D eigenvalue weighted by Gasteiger charge is 2.37. The second kappa shape index (κ2) is 1.42. The third-order valence-electron chi connectivity index (χ3n) is 1.38. The maximum atomic E-state index is 12.4. The maximum Gasteiger partial charge on any atom is 0.124 e. The van der Waals surface area contributed by atoms with Gasteiger partial charge in [-0.25, -0.2) is 4.39 Å². The first-order chi connectivity index (χ1) is 3.10. The van der Waals surface area contributed by atoms with Gasteiger partial charge in [-0.1, -0.05) is 16.2 Å². The van der Waals surface area contributed by atoms with Crippen molar-refractivity contribution in [1.82, 2.24) is 0 Å². The normalized spacial score (nSPS) is 51.0. The van der Waals surface area contributed by atoms with Crippen molar-refractivity contribution in [3.63, 3.8) is 0 Å². The van der Waals surface area contributed by atoms with Crippen molar-refractivity contribution in [3.8, 4) is 0 Å². The Kier molecular flexibility index (Phi) is 1.11. The molecule has 0 aliphatic heterocycles. The molecule has 1 aliphatic rings. The molecule has 1 atom stereocenters. The molecule has 1 fully saturated rings. The summed E-state index contributed by atoms with van der Waals surface area (Å²) in [7, 11) is 2.24. The summed E-state index contributed by atoms with van der Waals surface area (Å²) >= 11 is 0. The van der Waals surface area contributed by atoms with Crippen molar-refractivity contribution < 1.29 is 4.39 Å². The Morgan fingerprint density at radius 1 is 1.71 bits per heavy atom. The van der Waals surface area contributed by atoms with Crippen LogP contribution in [0.2, 0.25) is 0 Å². The van der Waals surface area contributed by atoms with Crippen LogP contribution in [-0.2, 0) is 0 Å². The highest BCUT2D eigenvalue weighted by Crippen LogP contribution is 2.45. The lowest BCUT2D eigenvalue weighted by atomic mass is 9.85. The Hall–Kier alpha value is 0.360. The topological polar surface area (TPSA) is 0 Å². The summed E-state index contributed by atoms with van der Waals surface area (Å²) in [5.74, 6) is 0.613. The fraction of sp³-hybridized carbons (Fsp3) is 1.00. The average molecular weight is 120 g/mol. The van der Waals surface area contributed by atoms with Crippen molar-refractivity contribution in [2.45, 2.75) is 25.2 Å². The van der Waals surface area contributed by atoms with E-state index in [-0.39, 0.29) is 0 Å². The molecule has 0 saturated heterocycles. The highest BCUT2D eigenvalue weighted by molar-refractivity contribution is 7.18. The van der Waals surface area contributed by atoms with Crippen LogP contribution in [-0.4, -0.2) is 5.41 Å². The van der Waals surface area contributed by atoms with Crippen LogP contribution in [0.1, 0.15) is 19.8 Å². The number of halogens is 1. The van der Waals surface area contributed by atoms with Crippen molar-refractivity contribution in [2.75, 3.05) is 0 Å². The summed E-state index contributed by atoms with van der Waals surface area (Å²) in [4.78, 5) is 0. The van der Waals surface area contributed by atoms with E-state index in [9.17, 15) is 4.39 Å². The molecular formula is C5H10FP. The van der Waals surface area contributed by atoms with Gasteiger partial charge in [0.2, 0.25) is 0 Å². The van der Waals surface area contributed by atoms with Crippen LogP contribution in [0.15, 0.2) is 0 Å². The molecule has 0 radical (unpaired) electrons. The first kappa shape index (κ1) is 5.50. The van der Waals surface area contributed by atoms with Crippen molar-refractivity contribution in [1.29, 1.82) is 0 Å². The molecule has 0 aromatic carbocycles. The molecule has 0 bridgehead atoms. The minimum absolute atomic E-state index is 0.613. The highest BCUT2D eigenvalue weighted by atomic mass is 31.0. The predicted molar refractivity (Wildman–Crippen MR) is 31.9 cm³/mol. The Balaban J connectivity index is 2.29. The van der Waals surface area contributed by atoms with Gasteiger partial charge < -0.3 is 0 Å². The van der Waals surface area contributed by atoms with E-state index in [1.165, 1.54) is 0 Å². The first-order valence-corrected chi connectivity index (χ1v) is 3.16. The van der Waals surface area contributed by atoms with E-state index < -0.39 is 5.41 Å². The zero-order chi connectivity index (χ0) is 5.49. The van der Waals surface area contributed by atoms with Gasteiger partial charge in [0.05, 0.1) is 0 Å². The largest absolute Gasteiger partial charge is 0.240 e. The third kappa shape index (κ3) is 1.13. The van der Waals surface area contributed by atoms with E-state index in [2.05, 4.69) is 16.2 Å². The molecule has 0 amide bonds. The predicted octanol–water partition coefficient (Wildman–Crippen LogP) is 1.96. The van der Waals surface area contributed by atoms with E-state index in [0.29, 0.717) is 5.92 Å². The van der Waals surface area contributed by atoms with Crippen molar-refractivity contribution >= 4 is 9.24 Å². The standard InChI is InChI=1S/C5H10FP/c1-4-2-5(6,7)3-4/h4H,2-3,7H2,1H3. The fourth-order valence-electron chi connectivity index (χ4n) is 1.10. The molecule has 0 heterocycles. The lowest BCUT2D eigenvalue weighted by Gasteiger charge is -2.35. The molecule has 2 heteroatoms. The van der Waals surface area contributed by atoms with Gasteiger partial charge >= 0.3 is 0 Å². The second-order valence-electron chi connectivity index (χ2n) is 2.55. The summed E-state index contributed by atoms with van der Waals surface area (Å²) in [6.07, 6.45) is 1.47. The molecule has 0 nitrogen and oxygen atoms in total. The van der Waals surface area contributed by atoms with E-state index in [1.807, 2.05) is 0 Å². The Bertz CT molecular complexity index is 72.1. The van der Waals surface area contributed by atoms with Crippen molar-refractivity contribution in [2.24, 2.45) is 5.92 Å². The smallest absolute Gasteiger partial charge is 0.124 e. The Morgan fingerprint density at radius 3 is 2.14 bits per heavy atom. The van der Waals surface area contributed by atoms with Gasteiger partial charge in [-0.2, -0.15) is 0 Å². The van der Waals surface area contributed by atoms with Crippen LogP contribution in [0, 0.1) is 5.92 Å². The summed E-state index contributed by atoms with van der Waals surface area (Å²) in [5, 5.41) is -0.889. The number of hydrogen-bond acceptors (Lipinski definition) is 0. The molecule has 1 aliphatic carbocycles. The molecule has 0 N–H and O–H groups in total. The quantitative estimate of drug-likeness (QED) is 0.428. The van der Waals surface area contributed by atoms with Gasteiger partial charge in [0, 0.05) is 0 Å². The summed E-state index contributed by atoms with van der Waals surface area (Å²) in [5.41, 5.74) is 0. The van der Waals surface area contributed by atoms with Crippen molar-refractivity contribution in [3.05, 3.63) is 0 Å². The van der Waals surface area contributed by atoms with E-state index >= 15 is 0 Å². The number of hydrogen-bond donors (Lipinski definition) is 0. The molecule has 1 saturated carbocycles. The van der Waals surface area contributed by atoms with Gasteiger partial charge in [0.25, 0.3) is 0 Å². The van der Waals surface area contributed by atoms with E-state index in [4.69, 9.17) is 0 Å². The summed E-state index contributed by atoms with van der Waals surface area (Å²) in [6.45, 7) is 2.07. The van der Waals surface area contributed by atoms with Crippen LogP contribution in [0.3, 0.4) is 0 Å².